The predicted octanol–water partition coefficient (Wildman–Crippen LogP) is 8.85. The van der Waals surface area contributed by atoms with Gasteiger partial charge < -0.3 is 10.6 Å². The summed E-state index contributed by atoms with van der Waals surface area (Å²) in [5.41, 5.74) is 4.51. The summed E-state index contributed by atoms with van der Waals surface area (Å²) in [7, 11) is -4.09. The van der Waals surface area contributed by atoms with E-state index in [0.717, 1.165) is 11.1 Å². The Morgan fingerprint density at radius 1 is 0.723 bits per heavy atom. The number of amides is 2. The van der Waals surface area contributed by atoms with E-state index in [2.05, 4.69) is 31.4 Å². The molecule has 0 aliphatic heterocycles. The van der Waals surface area contributed by atoms with E-state index in [-0.39, 0.29) is 34.0 Å². The van der Waals surface area contributed by atoms with Gasteiger partial charge in [-0.1, -0.05) is 92.5 Å². The highest BCUT2D eigenvalue weighted by molar-refractivity contribution is 7.92. The lowest BCUT2D eigenvalue weighted by Crippen LogP contribution is -2.32. The van der Waals surface area contributed by atoms with Gasteiger partial charge in [0, 0.05) is 22.0 Å². The molecule has 0 aromatic heterocycles. The van der Waals surface area contributed by atoms with Crippen LogP contribution in [0.25, 0.3) is 0 Å². The van der Waals surface area contributed by atoms with Gasteiger partial charge in [0.15, 0.2) is 0 Å². The Morgan fingerprint density at radius 3 is 1.94 bits per heavy atom. The Bertz CT molecular complexity index is 2000. The Balaban J connectivity index is 1.42. The van der Waals surface area contributed by atoms with Crippen LogP contribution in [0.1, 0.15) is 58.2 Å². The van der Waals surface area contributed by atoms with E-state index < -0.39 is 15.9 Å². The zero-order chi connectivity index (χ0) is 33.8. The molecule has 5 aromatic carbocycles. The molecule has 0 saturated carbocycles. The summed E-state index contributed by atoms with van der Waals surface area (Å²) in [5.74, 6) is -0.791. The normalized spacial score (nSPS) is 11.5. The maximum atomic E-state index is 14.1. The highest BCUT2D eigenvalue weighted by Gasteiger charge is 2.29. The van der Waals surface area contributed by atoms with Crippen molar-refractivity contribution >= 4 is 50.5 Å². The summed E-state index contributed by atoms with van der Waals surface area (Å²) in [6.45, 7) is 8.18. The minimum Gasteiger partial charge on any atom is -0.322 e. The lowest BCUT2D eigenvalue weighted by molar-refractivity contribution is 0.101. The number of benzene rings is 5. The zero-order valence-electron chi connectivity index (χ0n) is 26.6. The van der Waals surface area contributed by atoms with Crippen LogP contribution in [0.4, 0.5) is 17.1 Å². The number of aryl methyl sites for hydroxylation is 1. The molecule has 0 spiro atoms. The molecule has 0 unspecified atom stereocenters. The van der Waals surface area contributed by atoms with Crippen LogP contribution in [0.5, 0.6) is 0 Å². The molecular formula is C38H36ClN3O4S. The van der Waals surface area contributed by atoms with Crippen LogP contribution in [0.15, 0.2) is 126 Å². The molecule has 47 heavy (non-hydrogen) atoms. The third-order valence-corrected chi connectivity index (χ3v) is 9.68. The van der Waals surface area contributed by atoms with Crippen molar-refractivity contribution < 1.29 is 18.0 Å². The van der Waals surface area contributed by atoms with Gasteiger partial charge >= 0.3 is 0 Å². The Kier molecular flexibility index (Phi) is 9.84. The topological polar surface area (TPSA) is 95.6 Å². The molecule has 5 aromatic rings. The van der Waals surface area contributed by atoms with Crippen LogP contribution in [0.3, 0.4) is 0 Å². The fraction of sp³-hybridized carbons (Fsp3) is 0.158. The first-order valence-corrected chi connectivity index (χ1v) is 16.9. The average molecular weight is 666 g/mol. The number of sulfonamides is 1. The first-order valence-electron chi connectivity index (χ1n) is 15.1. The summed E-state index contributed by atoms with van der Waals surface area (Å²) in [4.78, 5) is 26.9. The van der Waals surface area contributed by atoms with E-state index in [1.807, 2.05) is 19.1 Å². The van der Waals surface area contributed by atoms with E-state index in [1.165, 1.54) is 4.31 Å². The van der Waals surface area contributed by atoms with Gasteiger partial charge in [0.25, 0.3) is 21.8 Å². The molecule has 0 atom stereocenters. The van der Waals surface area contributed by atoms with Crippen LogP contribution in [-0.4, -0.2) is 20.2 Å². The van der Waals surface area contributed by atoms with Crippen LogP contribution in [0, 0.1) is 6.92 Å². The number of hydrogen-bond donors (Lipinski definition) is 2. The molecular weight excluding hydrogens is 630 g/mol. The third-order valence-electron chi connectivity index (χ3n) is 7.66. The van der Waals surface area contributed by atoms with Gasteiger partial charge in [0.1, 0.15) is 0 Å². The monoisotopic (exact) mass is 665 g/mol. The molecule has 240 valence electrons. The second kappa shape index (κ2) is 13.8. The molecule has 2 N–H and O–H groups in total. The molecule has 5 rings (SSSR count). The zero-order valence-corrected chi connectivity index (χ0v) is 28.2. The summed E-state index contributed by atoms with van der Waals surface area (Å²) in [5, 5.41) is 6.28. The molecule has 0 aliphatic rings. The second-order valence-corrected chi connectivity index (χ2v) is 14.6. The number of nitrogens with one attached hydrogen (secondary N) is 2. The Hall–Kier alpha value is -4.92. The van der Waals surface area contributed by atoms with E-state index in [4.69, 9.17) is 11.6 Å². The SMILES string of the molecule is Cc1ccc(S(=O)(=O)N(Cc2ccc(Cl)cc2)c2ccccc2C(=O)Nc2cccc(NC(=O)c3ccc(C(C)(C)C)cc3)c2)cc1. The molecule has 7 nitrogen and oxygen atoms in total. The average Bonchev–Trinajstić information content (AvgIpc) is 3.04. The molecule has 2 amide bonds. The highest BCUT2D eigenvalue weighted by Crippen LogP contribution is 2.31. The molecule has 0 aliphatic carbocycles. The lowest BCUT2D eigenvalue weighted by atomic mass is 9.87. The van der Waals surface area contributed by atoms with Crippen molar-refractivity contribution in [2.24, 2.45) is 0 Å². The van der Waals surface area contributed by atoms with Crippen molar-refractivity contribution in [2.75, 3.05) is 14.9 Å². The van der Waals surface area contributed by atoms with E-state index in [1.54, 1.807) is 109 Å². The smallest absolute Gasteiger partial charge is 0.264 e. The van der Waals surface area contributed by atoms with E-state index in [9.17, 15) is 18.0 Å². The molecule has 0 bridgehead atoms. The summed E-state index contributed by atoms with van der Waals surface area (Å²) < 4.78 is 29.5. The highest BCUT2D eigenvalue weighted by atomic mass is 35.5. The van der Waals surface area contributed by atoms with Crippen LogP contribution >= 0.6 is 11.6 Å². The number of nitrogens with zero attached hydrogens (tertiary/aromatic N) is 1. The number of rotatable bonds is 9. The van der Waals surface area contributed by atoms with Crippen molar-refractivity contribution in [2.45, 2.75) is 44.6 Å². The number of para-hydroxylation sites is 1. The van der Waals surface area contributed by atoms with Gasteiger partial charge in [0.05, 0.1) is 22.7 Å². The van der Waals surface area contributed by atoms with Crippen LogP contribution in [0.2, 0.25) is 5.02 Å². The van der Waals surface area contributed by atoms with Gasteiger partial charge in [-0.15, -0.1) is 0 Å². The molecule has 0 radical (unpaired) electrons. The standard InChI is InChI=1S/C38H36ClN3O4S/c1-26-12-22-33(23-13-26)47(45,46)42(25-27-14-20-30(39)21-15-27)35-11-6-5-10-34(35)37(44)41-32-9-7-8-31(24-32)40-36(43)28-16-18-29(19-17-28)38(2,3)4/h5-24H,25H2,1-4H3,(H,40,43)(H,41,44). The third kappa shape index (κ3) is 8.09. The van der Waals surface area contributed by atoms with Crippen molar-refractivity contribution in [3.05, 3.63) is 154 Å². The first-order chi connectivity index (χ1) is 22.3. The molecule has 0 fully saturated rings. The van der Waals surface area contributed by atoms with Crippen molar-refractivity contribution in [3.63, 3.8) is 0 Å². The fourth-order valence-corrected chi connectivity index (χ4v) is 6.57. The van der Waals surface area contributed by atoms with Gasteiger partial charge in [-0.3, -0.25) is 13.9 Å². The van der Waals surface area contributed by atoms with Gasteiger partial charge in [-0.2, -0.15) is 0 Å². The first kappa shape index (κ1) is 33.4. The number of anilines is 3. The Morgan fingerprint density at radius 2 is 1.32 bits per heavy atom. The predicted molar refractivity (Wildman–Crippen MR) is 190 cm³/mol. The minimum atomic E-state index is -4.09. The number of carbonyl (C=O) groups is 2. The summed E-state index contributed by atoms with van der Waals surface area (Å²) >= 11 is 6.09. The number of halogens is 1. The Labute approximate surface area is 281 Å². The van der Waals surface area contributed by atoms with Gasteiger partial charge in [-0.25, -0.2) is 8.42 Å². The van der Waals surface area contributed by atoms with E-state index in [0.29, 0.717) is 27.5 Å². The van der Waals surface area contributed by atoms with E-state index >= 15 is 0 Å². The van der Waals surface area contributed by atoms with Gasteiger partial charge in [-0.05, 0) is 90.2 Å². The van der Waals surface area contributed by atoms with Crippen molar-refractivity contribution in [3.8, 4) is 0 Å². The lowest BCUT2D eigenvalue weighted by Gasteiger charge is -2.27. The fourth-order valence-electron chi connectivity index (χ4n) is 4.97. The largest absolute Gasteiger partial charge is 0.322 e. The maximum Gasteiger partial charge on any atom is 0.264 e. The number of carbonyl (C=O) groups excluding carboxylic acids is 2. The van der Waals surface area contributed by atoms with Crippen LogP contribution in [-0.2, 0) is 22.0 Å². The summed E-state index contributed by atoms with van der Waals surface area (Å²) in [6.07, 6.45) is 0. The quantitative estimate of drug-likeness (QED) is 0.164. The van der Waals surface area contributed by atoms with Crippen LogP contribution < -0.4 is 14.9 Å². The minimum absolute atomic E-state index is 0.0299. The molecule has 0 saturated heterocycles. The van der Waals surface area contributed by atoms with Crippen molar-refractivity contribution in [1.29, 1.82) is 0 Å². The van der Waals surface area contributed by atoms with Crippen molar-refractivity contribution in [1.82, 2.24) is 0 Å². The van der Waals surface area contributed by atoms with Gasteiger partial charge in [0.2, 0.25) is 0 Å². The summed E-state index contributed by atoms with van der Waals surface area (Å²) in [6, 6.07) is 34.3. The molecule has 0 heterocycles. The molecule has 9 heteroatoms. The number of hydrogen-bond acceptors (Lipinski definition) is 4. The maximum absolute atomic E-state index is 14.1. The second-order valence-electron chi connectivity index (χ2n) is 12.3.